The summed E-state index contributed by atoms with van der Waals surface area (Å²) in [6.07, 6.45) is 3.15. The summed E-state index contributed by atoms with van der Waals surface area (Å²) in [5.41, 5.74) is 1.30. The van der Waals surface area contributed by atoms with Crippen LogP contribution in [0.5, 0.6) is 5.88 Å². The number of ether oxygens (including phenoxy) is 1. The molecule has 1 unspecified atom stereocenters. The first-order valence-electron chi connectivity index (χ1n) is 7.21. The van der Waals surface area contributed by atoms with Gasteiger partial charge in [0.25, 0.3) is 0 Å². The van der Waals surface area contributed by atoms with Crippen molar-refractivity contribution < 1.29 is 4.74 Å². The molecule has 1 aliphatic rings. The fourth-order valence-corrected chi connectivity index (χ4v) is 2.77. The first-order valence-corrected chi connectivity index (χ1v) is 7.21. The highest BCUT2D eigenvalue weighted by Gasteiger charge is 2.26. The Morgan fingerprint density at radius 3 is 2.63 bits per heavy atom. The number of hydrogen-bond donors (Lipinski definition) is 1. The van der Waals surface area contributed by atoms with Crippen molar-refractivity contribution in [3.63, 3.8) is 0 Å². The Balaban J connectivity index is 2.19. The van der Waals surface area contributed by atoms with Crippen molar-refractivity contribution in [2.75, 3.05) is 33.3 Å². The molecular weight excluding hydrogens is 238 g/mol. The average Bonchev–Trinajstić information content (AvgIpc) is 2.49. The van der Waals surface area contributed by atoms with E-state index in [9.17, 15) is 0 Å². The molecule has 0 radical (unpaired) electrons. The van der Waals surface area contributed by atoms with Gasteiger partial charge in [0.15, 0.2) is 0 Å². The fourth-order valence-electron chi connectivity index (χ4n) is 2.77. The second-order valence-electron chi connectivity index (χ2n) is 5.25. The monoisotopic (exact) mass is 263 g/mol. The summed E-state index contributed by atoms with van der Waals surface area (Å²) in [5.74, 6) is 1.32. The molecule has 0 amide bonds. The molecule has 0 spiro atoms. The van der Waals surface area contributed by atoms with E-state index in [4.69, 9.17) is 4.74 Å². The maximum absolute atomic E-state index is 5.15. The highest BCUT2D eigenvalue weighted by molar-refractivity contribution is 5.21. The molecule has 4 heteroatoms. The van der Waals surface area contributed by atoms with Crippen LogP contribution >= 0.6 is 0 Å². The molecule has 0 bridgehead atoms. The van der Waals surface area contributed by atoms with Crippen LogP contribution in [0.25, 0.3) is 0 Å². The maximum Gasteiger partial charge on any atom is 0.212 e. The average molecular weight is 263 g/mol. The lowest BCUT2D eigenvalue weighted by Gasteiger charge is -2.38. The number of piperazine rings is 1. The van der Waals surface area contributed by atoms with Crippen LogP contribution in [0.1, 0.15) is 31.9 Å². The third-order valence-electron chi connectivity index (χ3n) is 4.04. The fraction of sp³-hybridized carbons (Fsp3) is 0.667. The molecule has 1 fully saturated rings. The van der Waals surface area contributed by atoms with Gasteiger partial charge in [0.1, 0.15) is 0 Å². The van der Waals surface area contributed by atoms with Gasteiger partial charge in [-0.1, -0.05) is 26.3 Å². The van der Waals surface area contributed by atoms with E-state index in [1.54, 1.807) is 7.11 Å². The van der Waals surface area contributed by atoms with E-state index in [1.165, 1.54) is 12.0 Å². The minimum absolute atomic E-state index is 0.463. The highest BCUT2D eigenvalue weighted by atomic mass is 16.5. The van der Waals surface area contributed by atoms with Gasteiger partial charge >= 0.3 is 0 Å². The van der Waals surface area contributed by atoms with E-state index < -0.39 is 0 Å². The lowest BCUT2D eigenvalue weighted by atomic mass is 9.91. The van der Waals surface area contributed by atoms with Gasteiger partial charge in [0.2, 0.25) is 5.88 Å². The van der Waals surface area contributed by atoms with Gasteiger partial charge < -0.3 is 10.1 Å². The molecule has 1 saturated heterocycles. The van der Waals surface area contributed by atoms with Gasteiger partial charge in [-0.2, -0.15) is 0 Å². The van der Waals surface area contributed by atoms with Crippen molar-refractivity contribution in [1.29, 1.82) is 0 Å². The molecule has 19 heavy (non-hydrogen) atoms. The van der Waals surface area contributed by atoms with Crippen molar-refractivity contribution >= 4 is 0 Å². The first kappa shape index (κ1) is 14.3. The zero-order valence-corrected chi connectivity index (χ0v) is 12.2. The molecule has 2 heterocycles. The summed E-state index contributed by atoms with van der Waals surface area (Å²) in [6, 6.07) is 4.59. The number of pyridine rings is 1. The van der Waals surface area contributed by atoms with E-state index >= 15 is 0 Å². The third-order valence-corrected chi connectivity index (χ3v) is 4.04. The molecule has 1 N–H and O–H groups in total. The Hall–Kier alpha value is -1.13. The molecule has 2 rings (SSSR count). The first-order chi connectivity index (χ1) is 9.26. The lowest BCUT2D eigenvalue weighted by molar-refractivity contribution is 0.128. The van der Waals surface area contributed by atoms with Crippen LogP contribution in [0, 0.1) is 5.92 Å². The largest absolute Gasteiger partial charge is 0.481 e. The Morgan fingerprint density at radius 2 is 2.11 bits per heavy atom. The summed E-state index contributed by atoms with van der Waals surface area (Å²) in [6.45, 7) is 8.98. The Kier molecular flexibility index (Phi) is 5.16. The normalized spacial score (nSPS) is 19.9. The van der Waals surface area contributed by atoms with Crippen molar-refractivity contribution in [2.45, 2.75) is 26.3 Å². The second-order valence-corrected chi connectivity index (χ2v) is 5.25. The van der Waals surface area contributed by atoms with Crippen molar-refractivity contribution in [3.8, 4) is 5.88 Å². The quantitative estimate of drug-likeness (QED) is 0.882. The SMILES string of the molecule is CCC(C)[C@H](c1ccc(OC)nc1)N1CCNCC1. The maximum atomic E-state index is 5.15. The lowest BCUT2D eigenvalue weighted by Crippen LogP contribution is -2.46. The summed E-state index contributed by atoms with van der Waals surface area (Å²) >= 11 is 0. The second kappa shape index (κ2) is 6.87. The van der Waals surface area contributed by atoms with Crippen LogP contribution < -0.4 is 10.1 Å². The zero-order chi connectivity index (χ0) is 13.7. The molecular formula is C15H25N3O. The number of nitrogens with zero attached hydrogens (tertiary/aromatic N) is 2. The summed E-state index contributed by atoms with van der Waals surface area (Å²) in [5, 5.41) is 3.42. The molecule has 1 aromatic rings. The Bertz CT molecular complexity index is 373. The minimum Gasteiger partial charge on any atom is -0.481 e. The smallest absolute Gasteiger partial charge is 0.212 e. The Morgan fingerprint density at radius 1 is 1.37 bits per heavy atom. The number of methoxy groups -OCH3 is 1. The van der Waals surface area contributed by atoms with Crippen LogP contribution in [0.4, 0.5) is 0 Å². The third kappa shape index (κ3) is 3.45. The number of nitrogens with one attached hydrogen (secondary N) is 1. The molecule has 0 saturated carbocycles. The Labute approximate surface area is 116 Å². The number of aromatic nitrogens is 1. The molecule has 4 nitrogen and oxygen atoms in total. The van der Waals surface area contributed by atoms with Crippen LogP contribution in [0.2, 0.25) is 0 Å². The molecule has 0 aliphatic carbocycles. The summed E-state index contributed by atoms with van der Waals surface area (Å²) in [7, 11) is 1.66. The molecule has 2 atom stereocenters. The molecule has 106 valence electrons. The van der Waals surface area contributed by atoms with Crippen molar-refractivity contribution in [1.82, 2.24) is 15.2 Å². The van der Waals surface area contributed by atoms with E-state index in [2.05, 4.69) is 35.1 Å². The van der Waals surface area contributed by atoms with Gasteiger partial charge in [0, 0.05) is 44.5 Å². The van der Waals surface area contributed by atoms with Gasteiger partial charge in [-0.15, -0.1) is 0 Å². The van der Waals surface area contributed by atoms with Crippen LogP contribution in [0.3, 0.4) is 0 Å². The van der Waals surface area contributed by atoms with Crippen molar-refractivity contribution in [3.05, 3.63) is 23.9 Å². The van der Waals surface area contributed by atoms with E-state index in [0.717, 1.165) is 26.2 Å². The summed E-state index contributed by atoms with van der Waals surface area (Å²) < 4.78 is 5.15. The van der Waals surface area contributed by atoms with Crippen LogP contribution in [-0.2, 0) is 0 Å². The minimum atomic E-state index is 0.463. The van der Waals surface area contributed by atoms with E-state index in [1.807, 2.05) is 12.3 Å². The van der Waals surface area contributed by atoms with Crippen molar-refractivity contribution in [2.24, 2.45) is 5.92 Å². The van der Waals surface area contributed by atoms with Gasteiger partial charge in [-0.3, -0.25) is 4.90 Å². The molecule has 1 aromatic heterocycles. The van der Waals surface area contributed by atoms with Gasteiger partial charge in [-0.25, -0.2) is 4.98 Å². The predicted octanol–water partition coefficient (Wildman–Crippen LogP) is 2.08. The van der Waals surface area contributed by atoms with Crippen LogP contribution in [-0.4, -0.2) is 43.2 Å². The number of hydrogen-bond acceptors (Lipinski definition) is 4. The van der Waals surface area contributed by atoms with E-state index in [-0.39, 0.29) is 0 Å². The predicted molar refractivity (Wildman–Crippen MR) is 77.4 cm³/mol. The summed E-state index contributed by atoms with van der Waals surface area (Å²) in [4.78, 5) is 6.94. The van der Waals surface area contributed by atoms with Gasteiger partial charge in [-0.05, 0) is 11.5 Å². The van der Waals surface area contributed by atoms with Crippen LogP contribution in [0.15, 0.2) is 18.3 Å². The van der Waals surface area contributed by atoms with Gasteiger partial charge in [0.05, 0.1) is 7.11 Å². The highest BCUT2D eigenvalue weighted by Crippen LogP contribution is 2.31. The molecule has 0 aromatic carbocycles. The topological polar surface area (TPSA) is 37.4 Å². The zero-order valence-electron chi connectivity index (χ0n) is 12.2. The number of rotatable bonds is 5. The van der Waals surface area contributed by atoms with E-state index in [0.29, 0.717) is 17.8 Å². The molecule has 1 aliphatic heterocycles. The standard InChI is InChI=1S/C15H25N3O/c1-4-12(2)15(18-9-7-16-8-10-18)13-5-6-14(19-3)17-11-13/h5-6,11-12,15-16H,4,7-10H2,1-3H3/t12?,15-/m1/s1.